The lowest BCUT2D eigenvalue weighted by Crippen LogP contribution is -2.31. The van der Waals surface area contributed by atoms with Crippen molar-refractivity contribution in [2.45, 2.75) is 22.2 Å². The third-order valence-corrected chi connectivity index (χ3v) is 3.00. The van der Waals surface area contributed by atoms with Crippen LogP contribution in [-0.2, 0) is 0 Å². The van der Waals surface area contributed by atoms with Gasteiger partial charge in [-0.15, -0.1) is 0 Å². The van der Waals surface area contributed by atoms with E-state index in [2.05, 4.69) is 58.7 Å². The molecule has 0 aliphatic carbocycles. The SMILES string of the molecule is C=C/C(=C(/C)N(N)CC)C(C)(I)I. The molecule has 2 N–H and O–H groups in total. The maximum Gasteiger partial charge on any atom is 0.0970 e. The van der Waals surface area contributed by atoms with Crippen molar-refractivity contribution in [1.82, 2.24) is 5.01 Å². The van der Waals surface area contributed by atoms with E-state index in [9.17, 15) is 0 Å². The summed E-state index contributed by atoms with van der Waals surface area (Å²) in [6, 6.07) is 0. The molecule has 13 heavy (non-hydrogen) atoms. The van der Waals surface area contributed by atoms with Gasteiger partial charge in [0.2, 0.25) is 0 Å². The normalized spacial score (nSPS) is 13.7. The first kappa shape index (κ1) is 13.7. The average Bonchev–Trinajstić information content (AvgIpc) is 2.01. The van der Waals surface area contributed by atoms with Crippen LogP contribution in [0.4, 0.5) is 0 Å². The predicted octanol–water partition coefficient (Wildman–Crippen LogP) is 3.23. The maximum atomic E-state index is 5.81. The van der Waals surface area contributed by atoms with E-state index in [1.165, 1.54) is 5.57 Å². The highest BCUT2D eigenvalue weighted by molar-refractivity contribution is 14.2. The first-order valence-electron chi connectivity index (χ1n) is 4.08. The second kappa shape index (κ2) is 5.55. The van der Waals surface area contributed by atoms with Crippen LogP contribution in [0, 0.1) is 0 Å². The molecule has 0 aliphatic rings. The summed E-state index contributed by atoms with van der Waals surface area (Å²) in [5.41, 5.74) is 2.27. The van der Waals surface area contributed by atoms with Crippen LogP contribution in [0.25, 0.3) is 0 Å². The molecule has 0 amide bonds. The van der Waals surface area contributed by atoms with E-state index in [-0.39, 0.29) is 1.43 Å². The van der Waals surface area contributed by atoms with Gasteiger partial charge in [-0.3, -0.25) is 0 Å². The van der Waals surface area contributed by atoms with Gasteiger partial charge in [-0.05, 0) is 26.3 Å². The molecule has 2 nitrogen and oxygen atoms in total. The number of hydrazine groups is 1. The van der Waals surface area contributed by atoms with E-state index in [1.54, 1.807) is 5.01 Å². The van der Waals surface area contributed by atoms with Crippen molar-refractivity contribution >= 4 is 45.2 Å². The summed E-state index contributed by atoms with van der Waals surface area (Å²) in [5.74, 6) is 5.81. The van der Waals surface area contributed by atoms with Crippen LogP contribution in [-0.4, -0.2) is 13.0 Å². The van der Waals surface area contributed by atoms with Gasteiger partial charge in [0.25, 0.3) is 0 Å². The van der Waals surface area contributed by atoms with Crippen LogP contribution in [0.15, 0.2) is 23.9 Å². The minimum atomic E-state index is 0.0497. The summed E-state index contributed by atoms with van der Waals surface area (Å²) in [4.78, 5) is 0. The first-order valence-corrected chi connectivity index (χ1v) is 6.24. The molecule has 0 aromatic rings. The van der Waals surface area contributed by atoms with Crippen molar-refractivity contribution in [3.8, 4) is 0 Å². The smallest absolute Gasteiger partial charge is 0.0970 e. The minimum absolute atomic E-state index is 0.0497. The second-order valence-corrected chi connectivity index (χ2v) is 9.26. The summed E-state index contributed by atoms with van der Waals surface area (Å²) in [6.07, 6.45) is 1.88. The number of hydrogen-bond donors (Lipinski definition) is 1. The summed E-state index contributed by atoms with van der Waals surface area (Å²) in [5, 5.41) is 1.74. The number of alkyl halides is 2. The van der Waals surface area contributed by atoms with E-state index in [0.29, 0.717) is 0 Å². The Morgan fingerprint density at radius 2 is 2.08 bits per heavy atom. The van der Waals surface area contributed by atoms with Gasteiger partial charge in [0.1, 0.15) is 0 Å². The summed E-state index contributed by atoms with van der Waals surface area (Å²) < 4.78 is 0.0497. The zero-order valence-electron chi connectivity index (χ0n) is 8.27. The zero-order chi connectivity index (χ0) is 10.6. The van der Waals surface area contributed by atoms with E-state index >= 15 is 0 Å². The number of halogens is 2. The molecule has 0 saturated carbocycles. The molecule has 0 aromatic carbocycles. The zero-order valence-corrected chi connectivity index (χ0v) is 12.6. The van der Waals surface area contributed by atoms with Gasteiger partial charge < -0.3 is 5.01 Å². The predicted molar refractivity (Wildman–Crippen MR) is 75.9 cm³/mol. The quantitative estimate of drug-likeness (QED) is 0.256. The lowest BCUT2D eigenvalue weighted by atomic mass is 10.1. The molecule has 0 radical (unpaired) electrons. The van der Waals surface area contributed by atoms with Crippen LogP contribution in [0.3, 0.4) is 0 Å². The summed E-state index contributed by atoms with van der Waals surface area (Å²) >= 11 is 4.76. The maximum absolute atomic E-state index is 5.81. The van der Waals surface area contributed by atoms with Crippen LogP contribution in [0.1, 0.15) is 20.8 Å². The second-order valence-electron chi connectivity index (χ2n) is 2.88. The highest BCUT2D eigenvalue weighted by atomic mass is 127. The van der Waals surface area contributed by atoms with Gasteiger partial charge in [0, 0.05) is 12.2 Å². The number of nitrogens with two attached hydrogens (primary N) is 1. The Morgan fingerprint density at radius 3 is 2.31 bits per heavy atom. The Kier molecular flexibility index (Phi) is 5.85. The van der Waals surface area contributed by atoms with E-state index < -0.39 is 0 Å². The van der Waals surface area contributed by atoms with Gasteiger partial charge in [0.15, 0.2) is 0 Å². The Bertz CT molecular complexity index is 216. The summed E-state index contributed by atoms with van der Waals surface area (Å²) in [6.45, 7) is 10.8. The Balaban J connectivity index is 5.02. The minimum Gasteiger partial charge on any atom is -0.315 e. The number of nitrogens with zero attached hydrogens (tertiary/aromatic N) is 1. The van der Waals surface area contributed by atoms with Crippen molar-refractivity contribution in [2.24, 2.45) is 5.84 Å². The van der Waals surface area contributed by atoms with Gasteiger partial charge in [0.05, 0.1) is 1.43 Å². The van der Waals surface area contributed by atoms with Gasteiger partial charge >= 0.3 is 0 Å². The molecule has 0 rings (SSSR count). The highest BCUT2D eigenvalue weighted by Gasteiger charge is 2.22. The molecule has 0 aliphatic heterocycles. The largest absolute Gasteiger partial charge is 0.315 e. The topological polar surface area (TPSA) is 29.3 Å². The van der Waals surface area contributed by atoms with Crippen molar-refractivity contribution < 1.29 is 0 Å². The molecule has 76 valence electrons. The van der Waals surface area contributed by atoms with Crippen molar-refractivity contribution in [2.75, 3.05) is 6.54 Å². The lowest BCUT2D eigenvalue weighted by molar-refractivity contribution is 0.376. The molecule has 0 aromatic heterocycles. The standard InChI is InChI=1S/C9H16I2N2/c1-5-8(9(4,10)11)7(3)13(12)6-2/h5H,1,6,12H2,2-4H3/b8-7+. The van der Waals surface area contributed by atoms with Crippen LogP contribution >= 0.6 is 45.2 Å². The summed E-state index contributed by atoms with van der Waals surface area (Å²) in [7, 11) is 0. The first-order chi connectivity index (χ1) is 5.84. The Morgan fingerprint density at radius 1 is 1.62 bits per heavy atom. The van der Waals surface area contributed by atoms with Crippen LogP contribution in [0.5, 0.6) is 0 Å². The van der Waals surface area contributed by atoms with Crippen molar-refractivity contribution in [3.05, 3.63) is 23.9 Å². The van der Waals surface area contributed by atoms with Gasteiger partial charge in [-0.25, -0.2) is 5.84 Å². The van der Waals surface area contributed by atoms with Crippen molar-refractivity contribution in [3.63, 3.8) is 0 Å². The molecule has 0 atom stereocenters. The van der Waals surface area contributed by atoms with Crippen LogP contribution in [0.2, 0.25) is 0 Å². The molecule has 0 fully saturated rings. The molecule has 0 bridgehead atoms. The highest BCUT2D eigenvalue weighted by Crippen LogP contribution is 2.37. The van der Waals surface area contributed by atoms with E-state index in [1.807, 2.05) is 19.9 Å². The molecular weight excluding hydrogens is 390 g/mol. The number of hydrogen-bond acceptors (Lipinski definition) is 2. The third kappa shape index (κ3) is 4.16. The number of rotatable bonds is 4. The molecule has 0 unspecified atom stereocenters. The molecule has 0 spiro atoms. The average molecular weight is 406 g/mol. The Hall–Kier alpha value is 0.700. The molecule has 0 saturated heterocycles. The van der Waals surface area contributed by atoms with Gasteiger partial charge in [-0.1, -0.05) is 57.8 Å². The monoisotopic (exact) mass is 406 g/mol. The third-order valence-electron chi connectivity index (χ3n) is 1.84. The van der Waals surface area contributed by atoms with Crippen molar-refractivity contribution in [1.29, 1.82) is 0 Å². The van der Waals surface area contributed by atoms with E-state index in [4.69, 9.17) is 5.84 Å². The molecular formula is C9H16I2N2. The lowest BCUT2D eigenvalue weighted by Gasteiger charge is -2.25. The van der Waals surface area contributed by atoms with Gasteiger partial charge in [-0.2, -0.15) is 0 Å². The van der Waals surface area contributed by atoms with Crippen LogP contribution < -0.4 is 5.84 Å². The Labute approximate surface area is 108 Å². The molecule has 4 heteroatoms. The fraction of sp³-hybridized carbons (Fsp3) is 0.556. The fourth-order valence-corrected chi connectivity index (χ4v) is 2.26. The fourth-order valence-electron chi connectivity index (χ4n) is 1.04. The van der Waals surface area contributed by atoms with E-state index in [0.717, 1.165) is 12.2 Å². The molecule has 0 heterocycles. The number of allylic oxidation sites excluding steroid dienone is 3.